The zero-order chi connectivity index (χ0) is 13.9. The first-order valence-corrected chi connectivity index (χ1v) is 5.59. The minimum absolute atomic E-state index is 0.264. The zero-order valence-corrected chi connectivity index (χ0v) is 10.9. The van der Waals surface area contributed by atoms with Crippen LogP contribution in [0.5, 0.6) is 0 Å². The van der Waals surface area contributed by atoms with Crippen LogP contribution in [0, 0.1) is 5.41 Å². The number of nitrogens with one attached hydrogen (secondary N) is 2. The molecular formula is C11H19FN4O2. The number of ether oxygens (including phenoxy) is 1. The molecule has 0 aromatic carbocycles. The molecule has 0 aliphatic heterocycles. The van der Waals surface area contributed by atoms with Crippen LogP contribution in [0.25, 0.3) is 0 Å². The number of methoxy groups -OCH3 is 1. The molecule has 18 heavy (non-hydrogen) atoms. The smallest absolute Gasteiger partial charge is 0.170 e. The number of imidazole rings is 1. The fourth-order valence-corrected chi connectivity index (χ4v) is 1.71. The second kappa shape index (κ2) is 5.92. The molecule has 6 nitrogen and oxygen atoms in total. The quantitative estimate of drug-likeness (QED) is 0.669. The molecule has 0 amide bonds. The molecule has 3 atom stereocenters. The summed E-state index contributed by atoms with van der Waals surface area (Å²) in [5.41, 5.74) is 0.692. The van der Waals surface area contributed by atoms with Crippen LogP contribution in [0.3, 0.4) is 0 Å². The molecule has 102 valence electrons. The van der Waals surface area contributed by atoms with Gasteiger partial charge in [-0.15, -0.1) is 0 Å². The third-order valence-electron chi connectivity index (χ3n) is 2.63. The van der Waals surface area contributed by atoms with E-state index in [1.807, 2.05) is 0 Å². The van der Waals surface area contributed by atoms with Crippen LogP contribution in [0.2, 0.25) is 0 Å². The van der Waals surface area contributed by atoms with Crippen LogP contribution < -0.4 is 5.32 Å². The molecule has 3 unspecified atom stereocenters. The van der Waals surface area contributed by atoms with Gasteiger partial charge in [0.2, 0.25) is 0 Å². The third-order valence-corrected chi connectivity index (χ3v) is 2.63. The van der Waals surface area contributed by atoms with Crippen LogP contribution in [0.1, 0.15) is 25.8 Å². The van der Waals surface area contributed by atoms with Gasteiger partial charge in [-0.2, -0.15) is 0 Å². The van der Waals surface area contributed by atoms with Gasteiger partial charge in [-0.05, 0) is 13.8 Å². The average Bonchev–Trinajstić information content (AvgIpc) is 2.73. The van der Waals surface area contributed by atoms with Crippen molar-refractivity contribution in [3.63, 3.8) is 0 Å². The second-order valence-electron chi connectivity index (χ2n) is 4.04. The summed E-state index contributed by atoms with van der Waals surface area (Å²) in [7, 11) is 3.01. The average molecular weight is 258 g/mol. The van der Waals surface area contributed by atoms with Gasteiger partial charge in [-0.25, -0.2) is 9.37 Å². The number of halogens is 1. The number of aromatic nitrogens is 2. The first-order valence-electron chi connectivity index (χ1n) is 5.59. The molecule has 0 bridgehead atoms. The topological polar surface area (TPSA) is 83.2 Å². The maximum atomic E-state index is 13.9. The Morgan fingerprint density at radius 2 is 2.28 bits per heavy atom. The number of hydrogen-bond acceptors (Lipinski definition) is 5. The van der Waals surface area contributed by atoms with E-state index in [2.05, 4.69) is 10.3 Å². The first-order chi connectivity index (χ1) is 8.43. The minimum Gasteiger partial charge on any atom is -0.390 e. The lowest BCUT2D eigenvalue weighted by Crippen LogP contribution is -2.31. The van der Waals surface area contributed by atoms with Crippen LogP contribution in [0.4, 0.5) is 10.2 Å². The normalized spacial score (nSPS) is 16.1. The fraction of sp³-hybridized carbons (Fsp3) is 0.636. The first kappa shape index (κ1) is 14.6. The van der Waals surface area contributed by atoms with Crippen LogP contribution in [-0.2, 0) is 4.74 Å². The lowest BCUT2D eigenvalue weighted by atomic mass is 10.2. The third kappa shape index (κ3) is 2.68. The summed E-state index contributed by atoms with van der Waals surface area (Å²) >= 11 is 0. The highest BCUT2D eigenvalue weighted by molar-refractivity contribution is 5.98. The standard InChI is InChI=1S/C11H19FN4O2/c1-6(13)9-10(14-3)16(5-15-9)11(18-4)8(12)7(2)17/h5,7-8,11,13-14,17H,1-4H3. The van der Waals surface area contributed by atoms with Crippen LogP contribution in [0.15, 0.2) is 6.33 Å². The molecule has 1 aromatic heterocycles. The summed E-state index contributed by atoms with van der Waals surface area (Å²) in [6.07, 6.45) is -2.35. The Balaban J connectivity index is 3.18. The Bertz CT molecular complexity index is 419. The van der Waals surface area contributed by atoms with Gasteiger partial charge in [-0.3, -0.25) is 4.57 Å². The van der Waals surface area contributed by atoms with E-state index in [9.17, 15) is 9.50 Å². The van der Waals surface area contributed by atoms with Gasteiger partial charge in [0.15, 0.2) is 12.4 Å². The highest BCUT2D eigenvalue weighted by atomic mass is 19.1. The van der Waals surface area contributed by atoms with Crippen molar-refractivity contribution in [2.24, 2.45) is 0 Å². The van der Waals surface area contributed by atoms with Crippen molar-refractivity contribution in [3.05, 3.63) is 12.0 Å². The Morgan fingerprint density at radius 1 is 1.67 bits per heavy atom. The second-order valence-corrected chi connectivity index (χ2v) is 4.04. The summed E-state index contributed by atoms with van der Waals surface area (Å²) in [6, 6.07) is 0. The number of rotatable bonds is 6. The molecule has 0 aliphatic carbocycles. The summed E-state index contributed by atoms with van der Waals surface area (Å²) in [5, 5.41) is 19.8. The number of aliphatic hydroxyl groups excluding tert-OH is 1. The van der Waals surface area contributed by atoms with Gasteiger partial charge in [0.05, 0.1) is 18.1 Å². The van der Waals surface area contributed by atoms with Crippen molar-refractivity contribution in [1.29, 1.82) is 5.41 Å². The molecule has 1 rings (SSSR count). The maximum absolute atomic E-state index is 13.9. The minimum atomic E-state index is -1.59. The van der Waals surface area contributed by atoms with E-state index in [1.165, 1.54) is 24.9 Å². The number of alkyl halides is 1. The molecule has 0 spiro atoms. The Kier molecular flexibility index (Phi) is 4.80. The summed E-state index contributed by atoms with van der Waals surface area (Å²) < 4.78 is 20.4. The molecule has 0 aliphatic rings. The van der Waals surface area contributed by atoms with Crippen molar-refractivity contribution in [2.75, 3.05) is 19.5 Å². The van der Waals surface area contributed by atoms with Crippen LogP contribution >= 0.6 is 0 Å². The lowest BCUT2D eigenvalue weighted by Gasteiger charge is -2.24. The number of anilines is 1. The fourth-order valence-electron chi connectivity index (χ4n) is 1.71. The summed E-state index contributed by atoms with van der Waals surface area (Å²) in [5.74, 6) is 0.484. The van der Waals surface area contributed by atoms with Gasteiger partial charge in [0, 0.05) is 14.2 Å². The van der Waals surface area contributed by atoms with Crippen molar-refractivity contribution in [3.8, 4) is 0 Å². The van der Waals surface area contributed by atoms with Crippen molar-refractivity contribution >= 4 is 11.5 Å². The van der Waals surface area contributed by atoms with E-state index < -0.39 is 18.5 Å². The highest BCUT2D eigenvalue weighted by Crippen LogP contribution is 2.25. The van der Waals surface area contributed by atoms with Gasteiger partial charge in [-0.1, -0.05) is 0 Å². The van der Waals surface area contributed by atoms with E-state index in [0.717, 1.165) is 0 Å². The highest BCUT2D eigenvalue weighted by Gasteiger charge is 2.29. The number of aliphatic hydroxyl groups is 1. The lowest BCUT2D eigenvalue weighted by molar-refractivity contribution is -0.0648. The SMILES string of the molecule is CNc1c(C(C)=N)ncn1C(OC)C(F)C(C)O. The molecule has 0 saturated heterocycles. The molecular weight excluding hydrogens is 239 g/mol. The van der Waals surface area contributed by atoms with Crippen molar-refractivity contribution in [2.45, 2.75) is 32.4 Å². The van der Waals surface area contributed by atoms with Crippen molar-refractivity contribution < 1.29 is 14.2 Å². The van der Waals surface area contributed by atoms with E-state index in [0.29, 0.717) is 11.5 Å². The Morgan fingerprint density at radius 3 is 2.67 bits per heavy atom. The zero-order valence-electron chi connectivity index (χ0n) is 10.9. The monoisotopic (exact) mass is 258 g/mol. The molecule has 7 heteroatoms. The van der Waals surface area contributed by atoms with Gasteiger partial charge in [0.1, 0.15) is 11.5 Å². The van der Waals surface area contributed by atoms with E-state index in [1.54, 1.807) is 14.0 Å². The molecule has 0 radical (unpaired) electrons. The summed E-state index contributed by atoms with van der Waals surface area (Å²) in [4.78, 5) is 4.04. The molecule has 0 fully saturated rings. The van der Waals surface area contributed by atoms with Gasteiger partial charge >= 0.3 is 0 Å². The predicted molar refractivity (Wildman–Crippen MR) is 66.9 cm³/mol. The van der Waals surface area contributed by atoms with E-state index in [-0.39, 0.29) is 5.71 Å². The van der Waals surface area contributed by atoms with Crippen LogP contribution in [-0.4, -0.2) is 46.8 Å². The van der Waals surface area contributed by atoms with Crippen molar-refractivity contribution in [1.82, 2.24) is 9.55 Å². The Hall–Kier alpha value is -1.47. The van der Waals surface area contributed by atoms with Gasteiger partial charge < -0.3 is 20.6 Å². The van der Waals surface area contributed by atoms with E-state index >= 15 is 0 Å². The predicted octanol–water partition coefficient (Wildman–Crippen LogP) is 1.18. The molecule has 0 saturated carbocycles. The number of hydrogen-bond donors (Lipinski definition) is 3. The molecule has 1 heterocycles. The van der Waals surface area contributed by atoms with E-state index in [4.69, 9.17) is 10.1 Å². The summed E-state index contributed by atoms with van der Waals surface area (Å²) in [6.45, 7) is 2.95. The number of nitrogens with zero attached hydrogens (tertiary/aromatic N) is 2. The maximum Gasteiger partial charge on any atom is 0.170 e. The molecule has 3 N–H and O–H groups in total. The Labute approximate surface area is 105 Å². The van der Waals surface area contributed by atoms with Gasteiger partial charge in [0.25, 0.3) is 0 Å². The largest absolute Gasteiger partial charge is 0.390 e. The molecule has 1 aromatic rings.